The first-order chi connectivity index (χ1) is 8.92. The number of nitrogens with one attached hydrogen (secondary N) is 2. The molecule has 0 unspecified atom stereocenters. The molecular weight excluding hydrogens is 222 g/mol. The lowest BCUT2D eigenvalue weighted by atomic mass is 10.2. The van der Waals surface area contributed by atoms with E-state index in [1.54, 1.807) is 0 Å². The molecular formula is C15H13N3. The summed E-state index contributed by atoms with van der Waals surface area (Å²) >= 11 is 0. The van der Waals surface area contributed by atoms with Crippen LogP contribution in [0.5, 0.6) is 0 Å². The summed E-state index contributed by atoms with van der Waals surface area (Å²) in [6.45, 7) is 0. The Morgan fingerprint density at radius 2 is 1.89 bits per heavy atom. The fraction of sp³-hybridized carbons (Fsp3) is 0. The number of rotatable bonds is 3. The summed E-state index contributed by atoms with van der Waals surface area (Å²) in [6, 6.07) is 18.1. The van der Waals surface area contributed by atoms with E-state index >= 15 is 0 Å². The standard InChI is InChI=1S/C15H13N3/c1-2-4-14(5-3-1)18-17-11-12-6-7-15-13(10-12)8-9-16-15/h1-11,16,18H. The summed E-state index contributed by atoms with van der Waals surface area (Å²) in [7, 11) is 0. The Labute approximate surface area is 105 Å². The number of nitrogens with zero attached hydrogens (tertiary/aromatic N) is 1. The summed E-state index contributed by atoms with van der Waals surface area (Å²) in [5.74, 6) is 0. The molecule has 0 saturated carbocycles. The lowest BCUT2D eigenvalue weighted by molar-refractivity contribution is 1.35. The van der Waals surface area contributed by atoms with Crippen LogP contribution in [-0.4, -0.2) is 11.2 Å². The van der Waals surface area contributed by atoms with Crippen molar-refractivity contribution in [3.05, 3.63) is 66.4 Å². The molecule has 0 aliphatic carbocycles. The van der Waals surface area contributed by atoms with E-state index in [-0.39, 0.29) is 0 Å². The number of fused-ring (bicyclic) bond motifs is 1. The Hall–Kier alpha value is -2.55. The average Bonchev–Trinajstić information content (AvgIpc) is 2.87. The minimum atomic E-state index is 0.983. The van der Waals surface area contributed by atoms with Gasteiger partial charge in [-0.1, -0.05) is 24.3 Å². The Kier molecular flexibility index (Phi) is 2.80. The summed E-state index contributed by atoms with van der Waals surface area (Å²) in [5, 5.41) is 5.41. The van der Waals surface area contributed by atoms with Gasteiger partial charge in [-0.3, -0.25) is 5.43 Å². The SMILES string of the molecule is C(=NNc1ccccc1)c1ccc2[nH]ccc2c1. The number of hydrazone groups is 1. The molecule has 2 aromatic carbocycles. The number of hydrogen-bond donors (Lipinski definition) is 2. The third-order valence-corrected chi connectivity index (χ3v) is 2.76. The van der Waals surface area contributed by atoms with Crippen LogP contribution in [0.15, 0.2) is 65.9 Å². The van der Waals surface area contributed by atoms with Crippen LogP contribution in [0.3, 0.4) is 0 Å². The number of H-pyrrole nitrogens is 1. The highest BCUT2D eigenvalue weighted by Gasteiger charge is 1.94. The average molecular weight is 235 g/mol. The normalized spacial score (nSPS) is 11.1. The third-order valence-electron chi connectivity index (χ3n) is 2.76. The first-order valence-corrected chi connectivity index (χ1v) is 5.83. The lowest BCUT2D eigenvalue weighted by Gasteiger charge is -1.98. The van der Waals surface area contributed by atoms with E-state index < -0.39 is 0 Å². The summed E-state index contributed by atoms with van der Waals surface area (Å²) in [6.07, 6.45) is 3.76. The zero-order chi connectivity index (χ0) is 12.2. The molecule has 0 aliphatic rings. The van der Waals surface area contributed by atoms with Crippen molar-refractivity contribution >= 4 is 22.8 Å². The Morgan fingerprint density at radius 1 is 1.00 bits per heavy atom. The highest BCUT2D eigenvalue weighted by molar-refractivity contribution is 5.89. The Bertz CT molecular complexity index is 668. The molecule has 0 atom stereocenters. The van der Waals surface area contributed by atoms with Crippen molar-refractivity contribution in [1.82, 2.24) is 4.98 Å². The molecule has 3 rings (SSSR count). The molecule has 0 amide bonds. The second-order valence-electron chi connectivity index (χ2n) is 4.06. The summed E-state index contributed by atoms with van der Waals surface area (Å²) in [4.78, 5) is 3.17. The molecule has 3 heteroatoms. The number of benzene rings is 2. The van der Waals surface area contributed by atoms with Gasteiger partial charge in [-0.15, -0.1) is 0 Å². The minimum absolute atomic E-state index is 0.983. The van der Waals surface area contributed by atoms with E-state index in [0.29, 0.717) is 0 Å². The molecule has 3 aromatic rings. The quantitative estimate of drug-likeness (QED) is 0.528. The Morgan fingerprint density at radius 3 is 2.78 bits per heavy atom. The molecule has 0 spiro atoms. The lowest BCUT2D eigenvalue weighted by Crippen LogP contribution is -1.89. The number of aromatic amines is 1. The fourth-order valence-electron chi connectivity index (χ4n) is 1.85. The minimum Gasteiger partial charge on any atom is -0.361 e. The molecule has 0 bridgehead atoms. The maximum Gasteiger partial charge on any atom is 0.0561 e. The molecule has 1 heterocycles. The van der Waals surface area contributed by atoms with Crippen molar-refractivity contribution in [2.24, 2.45) is 5.10 Å². The second-order valence-corrected chi connectivity index (χ2v) is 4.06. The fourth-order valence-corrected chi connectivity index (χ4v) is 1.85. The largest absolute Gasteiger partial charge is 0.361 e. The van der Waals surface area contributed by atoms with Crippen LogP contribution < -0.4 is 5.43 Å². The van der Waals surface area contributed by atoms with Gasteiger partial charge in [0.25, 0.3) is 0 Å². The topological polar surface area (TPSA) is 40.2 Å². The van der Waals surface area contributed by atoms with Crippen molar-refractivity contribution in [2.45, 2.75) is 0 Å². The predicted molar refractivity (Wildman–Crippen MR) is 76.0 cm³/mol. The van der Waals surface area contributed by atoms with Crippen molar-refractivity contribution in [3.8, 4) is 0 Å². The van der Waals surface area contributed by atoms with Crippen molar-refractivity contribution in [2.75, 3.05) is 5.43 Å². The molecule has 1 aromatic heterocycles. The van der Waals surface area contributed by atoms with E-state index in [1.165, 1.54) is 5.39 Å². The van der Waals surface area contributed by atoms with E-state index in [9.17, 15) is 0 Å². The first-order valence-electron chi connectivity index (χ1n) is 5.83. The number of anilines is 1. The molecule has 0 fully saturated rings. The smallest absolute Gasteiger partial charge is 0.0561 e. The van der Waals surface area contributed by atoms with Crippen molar-refractivity contribution in [1.29, 1.82) is 0 Å². The van der Waals surface area contributed by atoms with Crippen molar-refractivity contribution in [3.63, 3.8) is 0 Å². The maximum atomic E-state index is 4.22. The Balaban J connectivity index is 1.75. The monoisotopic (exact) mass is 235 g/mol. The van der Waals surface area contributed by atoms with Gasteiger partial charge in [-0.25, -0.2) is 0 Å². The highest BCUT2D eigenvalue weighted by atomic mass is 15.3. The third kappa shape index (κ3) is 2.25. The second kappa shape index (κ2) is 4.75. The van der Waals surface area contributed by atoms with Gasteiger partial charge in [0.2, 0.25) is 0 Å². The van der Waals surface area contributed by atoms with E-state index in [2.05, 4.69) is 33.7 Å². The van der Waals surface area contributed by atoms with Gasteiger partial charge >= 0.3 is 0 Å². The van der Waals surface area contributed by atoms with E-state index in [4.69, 9.17) is 0 Å². The van der Waals surface area contributed by atoms with Gasteiger partial charge in [0, 0.05) is 11.7 Å². The number of hydrogen-bond acceptors (Lipinski definition) is 2. The summed E-state index contributed by atoms with van der Waals surface area (Å²) < 4.78 is 0. The van der Waals surface area contributed by atoms with Gasteiger partial charge in [-0.05, 0) is 41.3 Å². The number of para-hydroxylation sites is 1. The van der Waals surface area contributed by atoms with Gasteiger partial charge in [0.15, 0.2) is 0 Å². The molecule has 0 saturated heterocycles. The first kappa shape index (κ1) is 10.6. The molecule has 88 valence electrons. The molecule has 18 heavy (non-hydrogen) atoms. The zero-order valence-electron chi connectivity index (χ0n) is 9.80. The zero-order valence-corrected chi connectivity index (χ0v) is 9.80. The van der Waals surface area contributed by atoms with Crippen LogP contribution in [0.2, 0.25) is 0 Å². The van der Waals surface area contributed by atoms with Crippen LogP contribution in [0, 0.1) is 0 Å². The van der Waals surface area contributed by atoms with Crippen LogP contribution >= 0.6 is 0 Å². The van der Waals surface area contributed by atoms with Crippen LogP contribution in [0.4, 0.5) is 5.69 Å². The maximum absolute atomic E-state index is 4.22. The van der Waals surface area contributed by atoms with Crippen LogP contribution in [0.1, 0.15) is 5.56 Å². The van der Waals surface area contributed by atoms with Gasteiger partial charge < -0.3 is 4.98 Å². The van der Waals surface area contributed by atoms with Crippen LogP contribution in [0.25, 0.3) is 10.9 Å². The summed E-state index contributed by atoms with van der Waals surface area (Å²) in [5.41, 5.74) is 6.20. The van der Waals surface area contributed by atoms with E-state index in [1.807, 2.05) is 48.8 Å². The molecule has 2 N–H and O–H groups in total. The highest BCUT2D eigenvalue weighted by Crippen LogP contribution is 2.13. The van der Waals surface area contributed by atoms with Gasteiger partial charge in [0.05, 0.1) is 11.9 Å². The van der Waals surface area contributed by atoms with Crippen molar-refractivity contribution < 1.29 is 0 Å². The number of aromatic nitrogens is 1. The molecule has 3 nitrogen and oxygen atoms in total. The molecule has 0 aliphatic heterocycles. The predicted octanol–water partition coefficient (Wildman–Crippen LogP) is 3.61. The van der Waals surface area contributed by atoms with E-state index in [0.717, 1.165) is 16.8 Å². The van der Waals surface area contributed by atoms with Crippen LogP contribution in [-0.2, 0) is 0 Å². The molecule has 0 radical (unpaired) electrons. The van der Waals surface area contributed by atoms with Gasteiger partial charge in [-0.2, -0.15) is 5.10 Å². The van der Waals surface area contributed by atoms with Gasteiger partial charge in [0.1, 0.15) is 0 Å².